The molecule has 0 aliphatic heterocycles. The highest BCUT2D eigenvalue weighted by atomic mass is 16.5. The highest BCUT2D eigenvalue weighted by Gasteiger charge is 2.31. The standard InChI is InChI=1S/C86H150O3/c1-5-8-11-14-17-20-23-26-29-32-35-38-41-44-47-50-53-56-59-62-77-87-83-71-65-80(66-72-83)86(4,81-67-73-84(74-68-81)88-78-63-60-57-54-51-48-45-42-39-36-33-30-27-24-21-18-15-12-9-6-2)82-69-75-85(76-70-82)89-79-64-61-58-55-52-49-46-43-40-37-34-31-28-25-22-19-16-13-10-7-3/h65-76H,5-64,77-79H2,1-4H3. The van der Waals surface area contributed by atoms with Crippen molar-refractivity contribution in [2.45, 2.75) is 418 Å². The van der Waals surface area contributed by atoms with Gasteiger partial charge in [-0.15, -0.1) is 0 Å². The predicted molar refractivity (Wildman–Crippen MR) is 395 cm³/mol. The van der Waals surface area contributed by atoms with Crippen LogP contribution in [0.5, 0.6) is 17.2 Å². The largest absolute Gasteiger partial charge is 0.494 e. The SMILES string of the molecule is CCCCCCCCCCCCCCCCCCCCCCOc1ccc(C(C)(c2ccc(OCCCCCCCCCCCCCCCCCCCCCC)cc2)c2ccc(OCCCCCCCCCCCCCCCCCCCCCC)cc2)cc1. The minimum atomic E-state index is -0.360. The number of hydrogen-bond donors (Lipinski definition) is 0. The molecule has 512 valence electrons. The Kier molecular flexibility index (Phi) is 55.3. The van der Waals surface area contributed by atoms with Gasteiger partial charge in [0.05, 0.1) is 19.8 Å². The Morgan fingerprint density at radius 1 is 0.180 bits per heavy atom. The highest BCUT2D eigenvalue weighted by molar-refractivity contribution is 5.52. The van der Waals surface area contributed by atoms with Gasteiger partial charge in [-0.1, -0.05) is 423 Å². The van der Waals surface area contributed by atoms with Gasteiger partial charge in [0.25, 0.3) is 0 Å². The molecular formula is C86H150O3. The summed E-state index contributed by atoms with van der Waals surface area (Å²) in [4.78, 5) is 0. The van der Waals surface area contributed by atoms with Crippen molar-refractivity contribution in [2.24, 2.45) is 0 Å². The van der Waals surface area contributed by atoms with Crippen molar-refractivity contribution >= 4 is 0 Å². The molecule has 0 bridgehead atoms. The number of unbranched alkanes of at least 4 members (excludes halogenated alkanes) is 57. The van der Waals surface area contributed by atoms with Crippen LogP contribution < -0.4 is 14.2 Å². The van der Waals surface area contributed by atoms with Crippen LogP contribution in [0.25, 0.3) is 0 Å². The van der Waals surface area contributed by atoms with Gasteiger partial charge in [0, 0.05) is 5.41 Å². The van der Waals surface area contributed by atoms with Crippen molar-refractivity contribution in [1.82, 2.24) is 0 Å². The van der Waals surface area contributed by atoms with Gasteiger partial charge in [-0.25, -0.2) is 0 Å². The summed E-state index contributed by atoms with van der Waals surface area (Å²) >= 11 is 0. The van der Waals surface area contributed by atoms with Gasteiger partial charge in [0.1, 0.15) is 17.2 Å². The zero-order valence-electron chi connectivity index (χ0n) is 60.2. The average Bonchev–Trinajstić information content (AvgIpc) is 0.963. The molecule has 3 nitrogen and oxygen atoms in total. The van der Waals surface area contributed by atoms with E-state index in [-0.39, 0.29) is 5.41 Å². The maximum atomic E-state index is 6.36. The fraction of sp³-hybridized carbons (Fsp3) is 0.791. The quantitative estimate of drug-likeness (QED) is 0.0416. The predicted octanol–water partition coefficient (Wildman–Crippen LogP) is 29.6. The molecule has 0 atom stereocenters. The number of ether oxygens (including phenoxy) is 3. The van der Waals surface area contributed by atoms with Crippen LogP contribution in [0, 0.1) is 0 Å². The third-order valence-electron chi connectivity index (χ3n) is 20.1. The van der Waals surface area contributed by atoms with E-state index in [0.717, 1.165) is 56.3 Å². The minimum absolute atomic E-state index is 0.360. The fourth-order valence-corrected chi connectivity index (χ4v) is 13.8. The lowest BCUT2D eigenvalue weighted by molar-refractivity contribution is 0.304. The fourth-order valence-electron chi connectivity index (χ4n) is 13.8. The van der Waals surface area contributed by atoms with E-state index in [1.807, 2.05) is 0 Å². The van der Waals surface area contributed by atoms with Gasteiger partial charge in [0.15, 0.2) is 0 Å². The van der Waals surface area contributed by atoms with E-state index in [9.17, 15) is 0 Å². The third-order valence-corrected chi connectivity index (χ3v) is 20.1. The maximum Gasteiger partial charge on any atom is 0.119 e. The molecule has 0 fully saturated rings. The summed E-state index contributed by atoms with van der Waals surface area (Å²) in [6.45, 7) is 11.7. The van der Waals surface area contributed by atoms with Gasteiger partial charge in [-0.05, 0) is 79.3 Å². The van der Waals surface area contributed by atoms with Gasteiger partial charge in [-0.3, -0.25) is 0 Å². The number of benzene rings is 3. The van der Waals surface area contributed by atoms with E-state index >= 15 is 0 Å². The van der Waals surface area contributed by atoms with Crippen LogP contribution >= 0.6 is 0 Å². The van der Waals surface area contributed by atoms with Crippen LogP contribution in [0.4, 0.5) is 0 Å². The molecule has 3 aromatic carbocycles. The summed E-state index contributed by atoms with van der Waals surface area (Å²) in [7, 11) is 0. The first-order chi connectivity index (χ1) is 44.1. The summed E-state index contributed by atoms with van der Waals surface area (Å²) in [5.41, 5.74) is 3.43. The second-order valence-corrected chi connectivity index (χ2v) is 28.4. The Labute approximate surface area is 556 Å². The molecule has 0 saturated carbocycles. The molecule has 0 N–H and O–H groups in total. The number of hydrogen-bond acceptors (Lipinski definition) is 3. The summed E-state index contributed by atoms with van der Waals surface area (Å²) in [5.74, 6) is 2.91. The van der Waals surface area contributed by atoms with E-state index in [1.165, 1.54) is 383 Å². The van der Waals surface area contributed by atoms with E-state index in [0.29, 0.717) is 0 Å². The highest BCUT2D eigenvalue weighted by Crippen LogP contribution is 2.41. The van der Waals surface area contributed by atoms with E-state index < -0.39 is 0 Å². The average molecular weight is 1230 g/mol. The summed E-state index contributed by atoms with van der Waals surface area (Å²) < 4.78 is 19.1. The normalized spacial score (nSPS) is 11.7. The van der Waals surface area contributed by atoms with Crippen molar-refractivity contribution in [3.8, 4) is 17.2 Å². The molecule has 0 spiro atoms. The Hall–Kier alpha value is -2.94. The van der Waals surface area contributed by atoms with Gasteiger partial charge in [0.2, 0.25) is 0 Å². The minimum Gasteiger partial charge on any atom is -0.494 e. The van der Waals surface area contributed by atoms with E-state index in [2.05, 4.69) is 100 Å². The molecule has 3 aromatic rings. The molecule has 0 aliphatic rings. The van der Waals surface area contributed by atoms with Crippen LogP contribution in [-0.4, -0.2) is 19.8 Å². The van der Waals surface area contributed by atoms with Crippen LogP contribution in [0.3, 0.4) is 0 Å². The molecule has 3 rings (SSSR count). The summed E-state index contributed by atoms with van der Waals surface area (Å²) in [6.07, 6.45) is 84.2. The second-order valence-electron chi connectivity index (χ2n) is 28.4. The van der Waals surface area contributed by atoms with Crippen molar-refractivity contribution in [2.75, 3.05) is 19.8 Å². The molecule has 0 saturated heterocycles. The van der Waals surface area contributed by atoms with Crippen molar-refractivity contribution in [3.05, 3.63) is 89.5 Å². The maximum absolute atomic E-state index is 6.36. The Balaban J connectivity index is 1.35. The molecule has 89 heavy (non-hydrogen) atoms. The molecule has 0 aromatic heterocycles. The molecule has 0 unspecified atom stereocenters. The molecule has 0 radical (unpaired) electrons. The smallest absolute Gasteiger partial charge is 0.119 e. The first-order valence-electron chi connectivity index (χ1n) is 40.3. The zero-order chi connectivity index (χ0) is 63.1. The molecule has 0 aliphatic carbocycles. The van der Waals surface area contributed by atoms with Crippen LogP contribution in [0.15, 0.2) is 72.8 Å². The van der Waals surface area contributed by atoms with E-state index in [1.54, 1.807) is 0 Å². The van der Waals surface area contributed by atoms with E-state index in [4.69, 9.17) is 14.2 Å². The lowest BCUT2D eigenvalue weighted by Crippen LogP contribution is -2.25. The number of rotatable bonds is 69. The van der Waals surface area contributed by atoms with Gasteiger partial charge >= 0.3 is 0 Å². The monoisotopic (exact) mass is 1230 g/mol. The third kappa shape index (κ3) is 45.1. The lowest BCUT2D eigenvalue weighted by Gasteiger charge is -2.32. The van der Waals surface area contributed by atoms with Crippen LogP contribution in [-0.2, 0) is 5.41 Å². The first kappa shape index (κ1) is 80.3. The lowest BCUT2D eigenvalue weighted by atomic mass is 9.71. The van der Waals surface area contributed by atoms with Crippen molar-refractivity contribution in [3.63, 3.8) is 0 Å². The zero-order valence-corrected chi connectivity index (χ0v) is 60.2. The first-order valence-corrected chi connectivity index (χ1v) is 40.3. The van der Waals surface area contributed by atoms with Gasteiger partial charge in [-0.2, -0.15) is 0 Å². The summed E-state index contributed by atoms with van der Waals surface area (Å²) in [6, 6.07) is 26.9. The Morgan fingerprint density at radius 3 is 0.438 bits per heavy atom. The molecule has 0 heterocycles. The Morgan fingerprint density at radius 2 is 0.303 bits per heavy atom. The Bertz CT molecular complexity index is 1650. The second kappa shape index (κ2) is 61.3. The van der Waals surface area contributed by atoms with Gasteiger partial charge < -0.3 is 14.2 Å². The summed E-state index contributed by atoms with van der Waals surface area (Å²) in [5, 5.41) is 0. The van der Waals surface area contributed by atoms with Crippen LogP contribution in [0.1, 0.15) is 430 Å². The van der Waals surface area contributed by atoms with Crippen molar-refractivity contribution < 1.29 is 14.2 Å². The molecule has 0 amide bonds. The van der Waals surface area contributed by atoms with Crippen LogP contribution in [0.2, 0.25) is 0 Å². The molecule has 3 heteroatoms. The van der Waals surface area contributed by atoms with Crippen molar-refractivity contribution in [1.29, 1.82) is 0 Å². The topological polar surface area (TPSA) is 27.7 Å². The molecular weight excluding hydrogens is 1080 g/mol.